The van der Waals surface area contributed by atoms with Crippen LogP contribution < -0.4 is 5.73 Å². The lowest BCUT2D eigenvalue weighted by atomic mass is 9.95. The molecule has 0 radical (unpaired) electrons. The molecule has 3 atom stereocenters. The number of benzene rings is 1. The summed E-state index contributed by atoms with van der Waals surface area (Å²) in [6, 6.07) is 9.74. The topological polar surface area (TPSA) is 66.6 Å². The molecule has 6 heteroatoms. The number of amides is 2. The molecule has 0 bridgehead atoms. The minimum atomic E-state index is -0.325. The van der Waals surface area contributed by atoms with Gasteiger partial charge in [0, 0.05) is 37.2 Å². The van der Waals surface area contributed by atoms with E-state index < -0.39 is 0 Å². The van der Waals surface area contributed by atoms with Gasteiger partial charge in [-0.3, -0.25) is 9.59 Å². The van der Waals surface area contributed by atoms with Gasteiger partial charge in [0.1, 0.15) is 6.04 Å². The summed E-state index contributed by atoms with van der Waals surface area (Å²) in [4.78, 5) is 28.4. The predicted octanol–water partition coefficient (Wildman–Crippen LogP) is 1.25. The lowest BCUT2D eigenvalue weighted by Crippen LogP contribution is -2.48. The summed E-state index contributed by atoms with van der Waals surface area (Å²) in [7, 11) is 0. The van der Waals surface area contributed by atoms with Gasteiger partial charge in [0.15, 0.2) is 0 Å². The summed E-state index contributed by atoms with van der Waals surface area (Å²) >= 11 is 1.65. The molecule has 124 valence electrons. The van der Waals surface area contributed by atoms with E-state index in [4.69, 9.17) is 5.73 Å². The first-order valence-electron chi connectivity index (χ1n) is 8.08. The van der Waals surface area contributed by atoms with Gasteiger partial charge in [-0.2, -0.15) is 0 Å². The average molecular weight is 333 g/mol. The molecule has 1 unspecified atom stereocenters. The third-order valence-corrected chi connectivity index (χ3v) is 5.71. The Hall–Kier alpha value is -1.53. The second-order valence-corrected chi connectivity index (χ2v) is 7.16. The van der Waals surface area contributed by atoms with Crippen molar-refractivity contribution in [3.8, 4) is 0 Å². The molecule has 23 heavy (non-hydrogen) atoms. The van der Waals surface area contributed by atoms with Gasteiger partial charge in [0.05, 0.1) is 5.88 Å². The Labute approximate surface area is 141 Å². The third-order valence-electron chi connectivity index (χ3n) is 4.69. The first-order valence-corrected chi connectivity index (χ1v) is 9.23. The fraction of sp³-hybridized carbons (Fsp3) is 0.529. The monoisotopic (exact) mass is 333 g/mol. The van der Waals surface area contributed by atoms with Crippen LogP contribution in [0.25, 0.3) is 0 Å². The maximum atomic E-state index is 12.9. The molecule has 2 fully saturated rings. The highest BCUT2D eigenvalue weighted by molar-refractivity contribution is 7.99. The van der Waals surface area contributed by atoms with Crippen LogP contribution in [0.3, 0.4) is 0 Å². The Morgan fingerprint density at radius 1 is 1.26 bits per heavy atom. The van der Waals surface area contributed by atoms with Crippen molar-refractivity contribution in [3.63, 3.8) is 0 Å². The number of nitrogens with zero attached hydrogens (tertiary/aromatic N) is 2. The molecule has 1 aromatic rings. The number of carbonyl (C=O) groups is 2. The van der Waals surface area contributed by atoms with Crippen LogP contribution >= 0.6 is 11.8 Å². The van der Waals surface area contributed by atoms with Crippen LogP contribution in [0, 0.1) is 0 Å². The molecule has 0 aliphatic carbocycles. The lowest BCUT2D eigenvalue weighted by molar-refractivity contribution is -0.142. The Bertz CT molecular complexity index is 580. The van der Waals surface area contributed by atoms with Crippen LogP contribution in [0.15, 0.2) is 30.3 Å². The number of likely N-dealkylation sites (tertiary alicyclic amines) is 1. The fourth-order valence-corrected chi connectivity index (χ4v) is 4.54. The molecule has 2 heterocycles. The number of nitrogens with two attached hydrogens (primary N) is 1. The zero-order valence-electron chi connectivity index (χ0n) is 13.4. The lowest BCUT2D eigenvalue weighted by Gasteiger charge is -2.27. The summed E-state index contributed by atoms with van der Waals surface area (Å²) < 4.78 is 0. The molecule has 2 N–H and O–H groups in total. The summed E-state index contributed by atoms with van der Waals surface area (Å²) in [5.41, 5.74) is 7.46. The number of rotatable bonds is 3. The second kappa shape index (κ2) is 6.93. The van der Waals surface area contributed by atoms with Crippen molar-refractivity contribution in [2.45, 2.75) is 31.3 Å². The van der Waals surface area contributed by atoms with E-state index in [0.29, 0.717) is 31.1 Å². The number of hydrogen-bond donors (Lipinski definition) is 1. The minimum Gasteiger partial charge on any atom is -0.339 e. The molecule has 2 aliphatic heterocycles. The molecule has 3 rings (SSSR count). The van der Waals surface area contributed by atoms with E-state index in [9.17, 15) is 9.59 Å². The molecular formula is C17H23N3O2S. The van der Waals surface area contributed by atoms with E-state index in [-0.39, 0.29) is 29.8 Å². The van der Waals surface area contributed by atoms with Crippen LogP contribution in [-0.2, 0) is 9.59 Å². The van der Waals surface area contributed by atoms with Crippen molar-refractivity contribution in [1.29, 1.82) is 0 Å². The highest BCUT2D eigenvalue weighted by Crippen LogP contribution is 2.29. The van der Waals surface area contributed by atoms with Gasteiger partial charge in [-0.25, -0.2) is 0 Å². The van der Waals surface area contributed by atoms with Crippen LogP contribution in [0.1, 0.15) is 24.8 Å². The number of hydrogen-bond acceptors (Lipinski definition) is 4. The van der Waals surface area contributed by atoms with Gasteiger partial charge in [0.25, 0.3) is 0 Å². The average Bonchev–Trinajstić information content (AvgIpc) is 3.21. The SMILES string of the molecule is CCC(=O)N1CSCC1C(=O)N1C[C@@H](N)[C@H](c2ccccc2)C1. The normalized spacial score (nSPS) is 27.5. The van der Waals surface area contributed by atoms with Crippen LogP contribution in [0.5, 0.6) is 0 Å². The van der Waals surface area contributed by atoms with Gasteiger partial charge >= 0.3 is 0 Å². The van der Waals surface area contributed by atoms with Crippen molar-refractivity contribution in [1.82, 2.24) is 9.80 Å². The van der Waals surface area contributed by atoms with E-state index in [1.807, 2.05) is 30.0 Å². The van der Waals surface area contributed by atoms with Gasteiger partial charge < -0.3 is 15.5 Å². The van der Waals surface area contributed by atoms with E-state index in [2.05, 4.69) is 12.1 Å². The van der Waals surface area contributed by atoms with Gasteiger partial charge in [-0.15, -0.1) is 11.8 Å². The molecule has 0 aromatic heterocycles. The van der Waals surface area contributed by atoms with E-state index in [1.54, 1.807) is 16.7 Å². The maximum absolute atomic E-state index is 12.9. The molecule has 2 saturated heterocycles. The zero-order valence-corrected chi connectivity index (χ0v) is 14.2. The first kappa shape index (κ1) is 16.3. The van der Waals surface area contributed by atoms with Crippen molar-refractivity contribution < 1.29 is 9.59 Å². The molecule has 2 amide bonds. The summed E-state index contributed by atoms with van der Waals surface area (Å²) in [5, 5.41) is 0. The molecule has 2 aliphatic rings. The van der Waals surface area contributed by atoms with Crippen LogP contribution in [0.2, 0.25) is 0 Å². The first-order chi connectivity index (χ1) is 11.1. The summed E-state index contributed by atoms with van der Waals surface area (Å²) in [6.07, 6.45) is 0.441. The van der Waals surface area contributed by atoms with E-state index in [0.717, 1.165) is 0 Å². The summed E-state index contributed by atoms with van der Waals surface area (Å²) in [6.45, 7) is 3.04. The van der Waals surface area contributed by atoms with Gasteiger partial charge in [-0.1, -0.05) is 37.3 Å². The van der Waals surface area contributed by atoms with Gasteiger partial charge in [0.2, 0.25) is 11.8 Å². The molecule has 0 saturated carbocycles. The highest BCUT2D eigenvalue weighted by atomic mass is 32.2. The van der Waals surface area contributed by atoms with E-state index in [1.165, 1.54) is 5.56 Å². The number of carbonyl (C=O) groups excluding carboxylic acids is 2. The van der Waals surface area contributed by atoms with Crippen LogP contribution in [0.4, 0.5) is 0 Å². The van der Waals surface area contributed by atoms with Crippen molar-refractivity contribution in [2.24, 2.45) is 5.73 Å². The maximum Gasteiger partial charge on any atom is 0.246 e. The standard InChI is InChI=1S/C17H23N3O2S/c1-2-16(21)20-11-23-10-15(20)17(22)19-8-13(14(18)9-19)12-6-4-3-5-7-12/h3-7,13-15H,2,8-11,18H2,1H3/t13-,14+,15?/m0/s1. The second-order valence-electron chi connectivity index (χ2n) is 6.16. The largest absolute Gasteiger partial charge is 0.339 e. The third kappa shape index (κ3) is 3.23. The van der Waals surface area contributed by atoms with Gasteiger partial charge in [-0.05, 0) is 5.56 Å². The van der Waals surface area contributed by atoms with Crippen molar-refractivity contribution >= 4 is 23.6 Å². The Morgan fingerprint density at radius 2 is 2.00 bits per heavy atom. The Balaban J connectivity index is 1.70. The van der Waals surface area contributed by atoms with Crippen molar-refractivity contribution in [3.05, 3.63) is 35.9 Å². The molecule has 5 nitrogen and oxygen atoms in total. The predicted molar refractivity (Wildman–Crippen MR) is 92.0 cm³/mol. The van der Waals surface area contributed by atoms with E-state index >= 15 is 0 Å². The molecule has 0 spiro atoms. The molecular weight excluding hydrogens is 310 g/mol. The highest BCUT2D eigenvalue weighted by Gasteiger charge is 2.41. The Morgan fingerprint density at radius 3 is 2.70 bits per heavy atom. The smallest absolute Gasteiger partial charge is 0.246 e. The number of thioether (sulfide) groups is 1. The van der Waals surface area contributed by atoms with Crippen LogP contribution in [-0.4, -0.2) is 58.4 Å². The summed E-state index contributed by atoms with van der Waals surface area (Å²) in [5.74, 6) is 1.57. The fourth-order valence-electron chi connectivity index (χ4n) is 3.37. The molecule has 1 aromatic carbocycles. The minimum absolute atomic E-state index is 0.0469. The Kier molecular flexibility index (Phi) is 4.92. The quantitative estimate of drug-likeness (QED) is 0.904. The zero-order chi connectivity index (χ0) is 16.4. The van der Waals surface area contributed by atoms with Crippen molar-refractivity contribution in [2.75, 3.05) is 24.7 Å².